The van der Waals surface area contributed by atoms with Gasteiger partial charge in [0.1, 0.15) is 0 Å². The molecule has 3 aromatic heterocycles. The lowest BCUT2D eigenvalue weighted by Gasteiger charge is -2.16. The Bertz CT molecular complexity index is 2200. The molecule has 5 aromatic carbocycles. The largest absolute Gasteiger partial charge is 0.254 e. The summed E-state index contributed by atoms with van der Waals surface area (Å²) < 4.78 is 0. The highest BCUT2D eigenvalue weighted by atomic mass is 14.8. The first-order chi connectivity index (χ1) is 19.8. The molecule has 0 fully saturated rings. The maximum absolute atomic E-state index is 5.34. The van der Waals surface area contributed by atoms with Crippen LogP contribution in [0.1, 0.15) is 0 Å². The summed E-state index contributed by atoms with van der Waals surface area (Å²) >= 11 is 0. The summed E-state index contributed by atoms with van der Waals surface area (Å²) in [5.74, 6) is 0. The van der Waals surface area contributed by atoms with E-state index in [-0.39, 0.29) is 0 Å². The zero-order valence-electron chi connectivity index (χ0n) is 21.6. The molecule has 0 radical (unpaired) electrons. The van der Waals surface area contributed by atoms with E-state index in [0.717, 1.165) is 71.7 Å². The van der Waals surface area contributed by atoms with Crippen molar-refractivity contribution in [1.29, 1.82) is 0 Å². The van der Waals surface area contributed by atoms with Crippen molar-refractivity contribution < 1.29 is 0 Å². The molecule has 0 aliphatic rings. The molecule has 8 rings (SSSR count). The molecule has 3 nitrogen and oxygen atoms in total. The fourth-order valence-corrected chi connectivity index (χ4v) is 5.76. The van der Waals surface area contributed by atoms with Crippen molar-refractivity contribution in [3.63, 3.8) is 0 Å². The van der Waals surface area contributed by atoms with Gasteiger partial charge in [0.05, 0.1) is 27.9 Å². The Morgan fingerprint density at radius 3 is 1.88 bits per heavy atom. The summed E-state index contributed by atoms with van der Waals surface area (Å²) in [6.45, 7) is 0. The van der Waals surface area contributed by atoms with Crippen molar-refractivity contribution in [1.82, 2.24) is 15.0 Å². The van der Waals surface area contributed by atoms with E-state index in [9.17, 15) is 0 Å². The van der Waals surface area contributed by atoms with Crippen molar-refractivity contribution >= 4 is 43.5 Å². The number of benzene rings is 5. The highest BCUT2D eigenvalue weighted by Gasteiger charge is 2.18. The molecule has 3 heterocycles. The average Bonchev–Trinajstić information content (AvgIpc) is 3.04. The number of hydrogen-bond donors (Lipinski definition) is 0. The van der Waals surface area contributed by atoms with Gasteiger partial charge >= 0.3 is 0 Å². The minimum absolute atomic E-state index is 0.887. The van der Waals surface area contributed by atoms with Gasteiger partial charge in [0.2, 0.25) is 0 Å². The average molecular weight is 510 g/mol. The predicted molar refractivity (Wildman–Crippen MR) is 166 cm³/mol. The van der Waals surface area contributed by atoms with Gasteiger partial charge in [-0.25, -0.2) is 9.97 Å². The number of rotatable bonds is 3. The highest BCUT2D eigenvalue weighted by Crippen LogP contribution is 2.41. The molecule has 0 bridgehead atoms. The smallest absolute Gasteiger partial charge is 0.0972 e. The molecule has 0 amide bonds. The lowest BCUT2D eigenvalue weighted by molar-refractivity contribution is 1.36. The van der Waals surface area contributed by atoms with Gasteiger partial charge in [-0.1, -0.05) is 109 Å². The lowest BCUT2D eigenvalue weighted by atomic mass is 9.91. The van der Waals surface area contributed by atoms with E-state index in [2.05, 4.69) is 126 Å². The van der Waals surface area contributed by atoms with Gasteiger partial charge in [0.25, 0.3) is 0 Å². The van der Waals surface area contributed by atoms with E-state index in [1.807, 2.05) is 18.3 Å². The fraction of sp³-hybridized carbons (Fsp3) is 0. The van der Waals surface area contributed by atoms with E-state index in [1.165, 1.54) is 5.39 Å². The SMILES string of the molecule is c1ccc(-c2cc(-c3ccccc3)c3c(n2)c(-c2ccc4ccc5cccnc5c4n2)cc2ccccc23)cc1. The van der Waals surface area contributed by atoms with E-state index >= 15 is 0 Å². The third-order valence-electron chi connectivity index (χ3n) is 7.67. The summed E-state index contributed by atoms with van der Waals surface area (Å²) in [6, 6.07) is 46.6. The van der Waals surface area contributed by atoms with Crippen LogP contribution in [0.2, 0.25) is 0 Å². The Morgan fingerprint density at radius 2 is 1.05 bits per heavy atom. The summed E-state index contributed by atoms with van der Waals surface area (Å²) in [6.07, 6.45) is 1.83. The van der Waals surface area contributed by atoms with Gasteiger partial charge < -0.3 is 0 Å². The van der Waals surface area contributed by atoms with E-state index < -0.39 is 0 Å². The first kappa shape index (κ1) is 22.6. The molecule has 8 aromatic rings. The summed E-state index contributed by atoms with van der Waals surface area (Å²) in [4.78, 5) is 15.3. The number of fused-ring (bicyclic) bond motifs is 6. The van der Waals surface area contributed by atoms with Crippen LogP contribution in [0, 0.1) is 0 Å². The molecule has 0 atom stereocenters. The van der Waals surface area contributed by atoms with Crippen LogP contribution in [-0.2, 0) is 0 Å². The van der Waals surface area contributed by atoms with Crippen LogP contribution in [0.4, 0.5) is 0 Å². The van der Waals surface area contributed by atoms with Gasteiger partial charge in [0, 0.05) is 33.5 Å². The van der Waals surface area contributed by atoms with Gasteiger partial charge in [-0.2, -0.15) is 0 Å². The maximum Gasteiger partial charge on any atom is 0.0972 e. The summed E-state index contributed by atoms with van der Waals surface area (Å²) in [5, 5.41) is 5.63. The number of aromatic nitrogens is 3. The standard InChI is InChI=1S/C37H23N3/c1-3-10-24(11-4-1)30-23-33(25-12-5-2-6-13-25)40-37-31(22-28-14-7-8-16-29(28)34(30)37)32-20-19-27-18-17-26-15-9-21-38-35(26)36(27)39-32/h1-23H. The second-order valence-electron chi connectivity index (χ2n) is 10.1. The second-order valence-corrected chi connectivity index (χ2v) is 10.1. The number of hydrogen-bond acceptors (Lipinski definition) is 3. The Kier molecular flexibility index (Phi) is 5.14. The van der Waals surface area contributed by atoms with Gasteiger partial charge in [0.15, 0.2) is 0 Å². The molecule has 186 valence electrons. The third kappa shape index (κ3) is 3.63. The molecule has 0 saturated heterocycles. The first-order valence-electron chi connectivity index (χ1n) is 13.5. The maximum atomic E-state index is 5.34. The normalized spacial score (nSPS) is 11.5. The van der Waals surface area contributed by atoms with E-state index in [1.54, 1.807) is 0 Å². The number of nitrogens with zero attached hydrogens (tertiary/aromatic N) is 3. The summed E-state index contributed by atoms with van der Waals surface area (Å²) in [7, 11) is 0. The molecule has 40 heavy (non-hydrogen) atoms. The molecular weight excluding hydrogens is 486 g/mol. The second kappa shape index (κ2) is 9.11. The van der Waals surface area contributed by atoms with Crippen molar-refractivity contribution in [2.24, 2.45) is 0 Å². The third-order valence-corrected chi connectivity index (χ3v) is 7.67. The van der Waals surface area contributed by atoms with Crippen LogP contribution in [0.5, 0.6) is 0 Å². The van der Waals surface area contributed by atoms with Crippen LogP contribution in [0.15, 0.2) is 140 Å². The quantitative estimate of drug-likeness (QED) is 0.223. The van der Waals surface area contributed by atoms with Gasteiger partial charge in [-0.15, -0.1) is 0 Å². The van der Waals surface area contributed by atoms with Crippen molar-refractivity contribution in [3.8, 4) is 33.6 Å². The molecule has 0 saturated carbocycles. The monoisotopic (exact) mass is 509 g/mol. The molecular formula is C37H23N3. The Labute approximate surface area is 231 Å². The van der Waals surface area contributed by atoms with Crippen LogP contribution in [-0.4, -0.2) is 15.0 Å². The van der Waals surface area contributed by atoms with Crippen LogP contribution in [0.3, 0.4) is 0 Å². The Morgan fingerprint density at radius 1 is 0.400 bits per heavy atom. The molecule has 0 aliphatic carbocycles. The van der Waals surface area contributed by atoms with Crippen LogP contribution < -0.4 is 0 Å². The lowest BCUT2D eigenvalue weighted by Crippen LogP contribution is -1.96. The Hall–Kier alpha value is -5.41. The van der Waals surface area contributed by atoms with Crippen molar-refractivity contribution in [2.75, 3.05) is 0 Å². The first-order valence-corrected chi connectivity index (χ1v) is 13.5. The van der Waals surface area contributed by atoms with Gasteiger partial charge in [-0.3, -0.25) is 4.98 Å². The summed E-state index contributed by atoms with van der Waals surface area (Å²) in [5.41, 5.74) is 9.01. The molecule has 0 N–H and O–H groups in total. The molecule has 3 heteroatoms. The van der Waals surface area contributed by atoms with Gasteiger partial charge in [-0.05, 0) is 46.2 Å². The zero-order chi connectivity index (χ0) is 26.5. The van der Waals surface area contributed by atoms with Crippen LogP contribution >= 0.6 is 0 Å². The Balaban J connectivity index is 1.52. The van der Waals surface area contributed by atoms with E-state index in [0.29, 0.717) is 0 Å². The topological polar surface area (TPSA) is 38.7 Å². The minimum atomic E-state index is 0.887. The highest BCUT2D eigenvalue weighted by molar-refractivity contribution is 6.18. The molecule has 0 aliphatic heterocycles. The zero-order valence-corrected chi connectivity index (χ0v) is 21.6. The predicted octanol–water partition coefficient (Wildman–Crippen LogP) is 9.49. The molecule has 0 spiro atoms. The van der Waals surface area contributed by atoms with Crippen LogP contribution in [0.25, 0.3) is 77.1 Å². The van der Waals surface area contributed by atoms with Crippen molar-refractivity contribution in [3.05, 3.63) is 140 Å². The molecule has 0 unspecified atom stereocenters. The number of pyridine rings is 3. The minimum Gasteiger partial charge on any atom is -0.254 e. The van der Waals surface area contributed by atoms with Crippen molar-refractivity contribution in [2.45, 2.75) is 0 Å². The van der Waals surface area contributed by atoms with E-state index in [4.69, 9.17) is 9.97 Å². The fourth-order valence-electron chi connectivity index (χ4n) is 5.76.